The maximum absolute atomic E-state index is 13.0. The summed E-state index contributed by atoms with van der Waals surface area (Å²) in [4.78, 5) is 95.8. The summed E-state index contributed by atoms with van der Waals surface area (Å²) in [6, 6.07) is 0. The first kappa shape index (κ1) is 48.6. The lowest BCUT2D eigenvalue weighted by Gasteiger charge is -1.99. The average Bonchev–Trinajstić information content (AvgIpc) is 4.24. The molecule has 0 radical (unpaired) electrons. The van der Waals surface area contributed by atoms with E-state index in [0.717, 1.165) is 0 Å². The van der Waals surface area contributed by atoms with Gasteiger partial charge in [-0.25, -0.2) is 49.8 Å². The van der Waals surface area contributed by atoms with Crippen LogP contribution in [0.1, 0.15) is 136 Å². The number of hydrogen-bond donors (Lipinski definition) is 2. The summed E-state index contributed by atoms with van der Waals surface area (Å²) in [7, 11) is 0. The molecule has 2 aliphatic heterocycles. The molecule has 10 aromatic rings. The highest BCUT2D eigenvalue weighted by atomic mass is 16.4. The van der Waals surface area contributed by atoms with Gasteiger partial charge in [0.1, 0.15) is 69.0 Å². The van der Waals surface area contributed by atoms with Crippen molar-refractivity contribution >= 4 is 23.4 Å². The molecule has 12 rings (SSSR count). The van der Waals surface area contributed by atoms with Crippen molar-refractivity contribution in [1.82, 2.24) is 60.5 Å². The number of rotatable bonds is 0. The Bertz CT molecular complexity index is 3970. The largest absolute Gasteiger partial charge is 0.445 e. The summed E-state index contributed by atoms with van der Waals surface area (Å²) in [5.74, 6) is 4.67. The normalized spacial score (nSPS) is 13.9. The molecular weight excluding hydrogens is 993 g/mol. The van der Waals surface area contributed by atoms with E-state index >= 15 is 0 Å². The Kier molecular flexibility index (Phi) is 12.0. The number of aryl methyl sites for hydroxylation is 12. The van der Waals surface area contributed by atoms with Gasteiger partial charge >= 0.3 is 0 Å². The zero-order valence-electron chi connectivity index (χ0n) is 42.4. The number of fused-ring (bicyclic) bond motifs is 26. The predicted molar refractivity (Wildman–Crippen MR) is 254 cm³/mol. The number of carbonyl (C=O) groups excluding carboxylic acids is 4. The molecule has 0 atom stereocenters. The third-order valence-corrected chi connectivity index (χ3v) is 12.2. The van der Waals surface area contributed by atoms with Gasteiger partial charge in [-0.15, -0.1) is 0 Å². The summed E-state index contributed by atoms with van der Waals surface area (Å²) >= 11 is 0. The van der Waals surface area contributed by atoms with Gasteiger partial charge in [0.15, 0.2) is 68.9 Å². The Morgan fingerprint density at radius 1 is 0.263 bits per heavy atom. The molecule has 2 amide bonds. The van der Waals surface area contributed by atoms with E-state index in [4.69, 9.17) is 44.2 Å². The number of nitrogens with zero attached hydrogens (tertiary/aromatic N) is 10. The van der Waals surface area contributed by atoms with Gasteiger partial charge in [-0.2, -0.15) is 0 Å². The summed E-state index contributed by atoms with van der Waals surface area (Å²) in [5.41, 5.74) is 2.73. The second kappa shape index (κ2) is 18.7. The van der Waals surface area contributed by atoms with Crippen LogP contribution in [0.4, 0.5) is 0 Å². The van der Waals surface area contributed by atoms with Gasteiger partial charge < -0.3 is 54.8 Å². The van der Waals surface area contributed by atoms with Crippen LogP contribution in [-0.4, -0.2) is 73.2 Å². The molecule has 76 heavy (non-hydrogen) atoms. The van der Waals surface area contributed by atoms with Crippen molar-refractivity contribution in [2.45, 2.75) is 108 Å². The quantitative estimate of drug-likeness (QED) is 0.144. The monoisotopic (exact) mass is 1040 g/mol. The van der Waals surface area contributed by atoms with E-state index in [0.29, 0.717) is 97.7 Å². The van der Waals surface area contributed by atoms with Crippen molar-refractivity contribution in [3.8, 4) is 69.5 Å². The third-order valence-electron chi connectivity index (χ3n) is 12.2. The number of hydrogen-bond acceptors (Lipinski definition) is 24. The van der Waals surface area contributed by atoms with Gasteiger partial charge in [0, 0.05) is 25.7 Å². The SMILES string of the molecule is Cc1oc2nc1C(=O)CCc1nc(c(C)o1)-c1nc(c(C)o1)C(=O)NCc1nc(c(C)o1)-c1nc-2c(C)o1.Cc1oc2nc1C(=O)CCc1nc(c(C)o1)C(=O)NCc1nc(c(C)o1)-c1nc(c(C)o1)-c1nc-2c(C)o1. The maximum Gasteiger partial charge on any atom is 0.273 e. The van der Waals surface area contributed by atoms with E-state index in [1.807, 2.05) is 0 Å². The molecule has 0 aliphatic carbocycles. The van der Waals surface area contributed by atoms with Gasteiger partial charge in [-0.05, 0) is 69.2 Å². The van der Waals surface area contributed by atoms with E-state index in [1.165, 1.54) is 0 Å². The molecule has 0 saturated carbocycles. The van der Waals surface area contributed by atoms with E-state index in [-0.39, 0.29) is 126 Å². The third kappa shape index (κ3) is 8.91. The second-order valence-corrected chi connectivity index (χ2v) is 17.8. The van der Waals surface area contributed by atoms with Crippen LogP contribution < -0.4 is 10.6 Å². The topological polar surface area (TPSA) is 353 Å². The molecule has 0 aromatic carbocycles. The molecule has 0 spiro atoms. The van der Waals surface area contributed by atoms with Crippen LogP contribution in [0, 0.1) is 69.2 Å². The Hall–Kier alpha value is -9.62. The fraction of sp³-hybridized carbons (Fsp3) is 0.320. The van der Waals surface area contributed by atoms with Crippen molar-refractivity contribution in [3.63, 3.8) is 0 Å². The van der Waals surface area contributed by atoms with Crippen molar-refractivity contribution in [1.29, 1.82) is 0 Å². The highest BCUT2D eigenvalue weighted by Crippen LogP contribution is 2.35. The fourth-order valence-corrected chi connectivity index (χ4v) is 8.44. The van der Waals surface area contributed by atoms with E-state index in [9.17, 15) is 19.2 Å². The van der Waals surface area contributed by atoms with Crippen LogP contribution in [0.15, 0.2) is 44.2 Å². The predicted octanol–water partition coefficient (Wildman–Crippen LogP) is 8.46. The molecular formula is C50H44N12O14. The van der Waals surface area contributed by atoms with Gasteiger partial charge in [0.05, 0.1) is 13.1 Å². The molecule has 26 heteroatoms. The molecule has 12 heterocycles. The summed E-state index contributed by atoms with van der Waals surface area (Å²) in [6.45, 7) is 16.8. The highest BCUT2D eigenvalue weighted by molar-refractivity contribution is 5.97. The van der Waals surface area contributed by atoms with Crippen LogP contribution in [0.2, 0.25) is 0 Å². The van der Waals surface area contributed by atoms with Gasteiger partial charge in [0.2, 0.25) is 47.1 Å². The minimum Gasteiger partial charge on any atom is -0.445 e. The molecule has 0 fully saturated rings. The number of amides is 2. The Labute approximate surface area is 427 Å². The van der Waals surface area contributed by atoms with Crippen molar-refractivity contribution in [2.24, 2.45) is 0 Å². The van der Waals surface area contributed by atoms with Gasteiger partial charge in [0.25, 0.3) is 11.8 Å². The molecule has 2 N–H and O–H groups in total. The van der Waals surface area contributed by atoms with Gasteiger partial charge in [-0.3, -0.25) is 19.2 Å². The molecule has 0 saturated heterocycles. The molecule has 388 valence electrons. The van der Waals surface area contributed by atoms with E-state index in [2.05, 4.69) is 60.5 Å². The first-order chi connectivity index (χ1) is 36.3. The molecule has 0 unspecified atom stereocenters. The minimum absolute atomic E-state index is 0.00216. The Morgan fingerprint density at radius 3 is 0.855 bits per heavy atom. The van der Waals surface area contributed by atoms with Crippen molar-refractivity contribution < 1.29 is 63.3 Å². The summed E-state index contributed by atoms with van der Waals surface area (Å²) < 4.78 is 57.6. The van der Waals surface area contributed by atoms with Gasteiger partial charge in [-0.1, -0.05) is 0 Å². The number of oxazole rings is 10. The lowest BCUT2D eigenvalue weighted by Crippen LogP contribution is -2.24. The smallest absolute Gasteiger partial charge is 0.273 e. The molecule has 20 bridgehead atoms. The average molecular weight is 1040 g/mol. The van der Waals surface area contributed by atoms with Crippen LogP contribution >= 0.6 is 0 Å². The molecule has 10 aromatic heterocycles. The fourth-order valence-electron chi connectivity index (χ4n) is 8.44. The van der Waals surface area contributed by atoms with Crippen molar-refractivity contribution in [2.75, 3.05) is 0 Å². The first-order valence-electron chi connectivity index (χ1n) is 23.7. The van der Waals surface area contributed by atoms with Crippen LogP contribution in [-0.2, 0) is 25.9 Å². The first-order valence-corrected chi connectivity index (χ1v) is 23.7. The summed E-state index contributed by atoms with van der Waals surface area (Å²) in [6.07, 6.45) is 0.525. The van der Waals surface area contributed by atoms with E-state index < -0.39 is 11.8 Å². The maximum atomic E-state index is 13.0. The Morgan fingerprint density at radius 2 is 0.487 bits per heavy atom. The molecule has 26 nitrogen and oxygen atoms in total. The zero-order chi connectivity index (χ0) is 53.4. The second-order valence-electron chi connectivity index (χ2n) is 17.8. The zero-order valence-corrected chi connectivity index (χ0v) is 42.4. The lowest BCUT2D eigenvalue weighted by atomic mass is 10.1. The number of carbonyl (C=O) groups is 4. The van der Waals surface area contributed by atoms with Crippen LogP contribution in [0.25, 0.3) is 69.5 Å². The van der Waals surface area contributed by atoms with E-state index in [1.54, 1.807) is 69.2 Å². The van der Waals surface area contributed by atoms with Crippen LogP contribution in [0.5, 0.6) is 0 Å². The van der Waals surface area contributed by atoms with Crippen LogP contribution in [0.3, 0.4) is 0 Å². The minimum atomic E-state index is -0.475. The number of nitrogens with one attached hydrogen (secondary N) is 2. The number of aromatic nitrogens is 10. The highest BCUT2D eigenvalue weighted by Gasteiger charge is 2.30. The molecule has 2 aliphatic rings. The lowest BCUT2D eigenvalue weighted by molar-refractivity contribution is 0.0933. The Balaban J connectivity index is 0.000000162. The standard InChI is InChI=1S/2C25H22N6O7/c1-9-17-14(32)6-7-15-27-19(11(3)34-15)23-30-18(10(2)37-23)22(33)26-8-16-28-20(12(4)35-16)24-31-21(13(5)38-24)25(29-17)36-9;1-9-17-14(32)6-7-15-27-18(10(2)34-15)22(33)26-8-16-28-19(11(3)35-16)23-30-21(13(5)37-23)25-31-20(12(4)38-25)24(29-17)36-9/h2*6-8H2,1-5H3,(H,26,33). The summed E-state index contributed by atoms with van der Waals surface area (Å²) in [5, 5.41) is 5.46. The number of ketones is 2. The number of Topliss-reactive ketones (excluding diaryl/α,β-unsaturated/α-hetero) is 2. The van der Waals surface area contributed by atoms with Crippen molar-refractivity contribution in [3.05, 3.63) is 104 Å².